The van der Waals surface area contributed by atoms with Crippen LogP contribution in [0.1, 0.15) is 35.1 Å². The Bertz CT molecular complexity index is 986. The normalized spacial score (nSPS) is 10.6. The highest BCUT2D eigenvalue weighted by molar-refractivity contribution is 6.30. The summed E-state index contributed by atoms with van der Waals surface area (Å²) in [4.78, 5) is 12.6. The quantitative estimate of drug-likeness (QED) is 0.603. The van der Waals surface area contributed by atoms with Crippen LogP contribution in [0.15, 0.2) is 42.5 Å². The van der Waals surface area contributed by atoms with E-state index >= 15 is 0 Å². The van der Waals surface area contributed by atoms with Crippen molar-refractivity contribution < 1.29 is 14.3 Å². The highest BCUT2D eigenvalue weighted by atomic mass is 35.5. The molecule has 0 atom stereocenters. The zero-order valence-electron chi connectivity index (χ0n) is 16.6. The van der Waals surface area contributed by atoms with Gasteiger partial charge in [0.15, 0.2) is 5.69 Å². The van der Waals surface area contributed by atoms with Gasteiger partial charge in [0.25, 0.3) is 5.91 Å². The molecule has 1 aromatic heterocycles. The van der Waals surface area contributed by atoms with Gasteiger partial charge >= 0.3 is 0 Å². The van der Waals surface area contributed by atoms with E-state index in [4.69, 9.17) is 21.1 Å². The summed E-state index contributed by atoms with van der Waals surface area (Å²) >= 11 is 6.10. The largest absolute Gasteiger partial charge is 0.494 e. The summed E-state index contributed by atoms with van der Waals surface area (Å²) < 4.78 is 12.5. The Morgan fingerprint density at radius 3 is 2.66 bits per heavy atom. The second kappa shape index (κ2) is 9.43. The van der Waals surface area contributed by atoms with E-state index in [1.54, 1.807) is 36.9 Å². The molecule has 0 aliphatic rings. The van der Waals surface area contributed by atoms with Crippen LogP contribution in [-0.2, 0) is 6.54 Å². The van der Waals surface area contributed by atoms with Gasteiger partial charge in [-0.1, -0.05) is 35.9 Å². The van der Waals surface area contributed by atoms with Gasteiger partial charge in [0.1, 0.15) is 17.2 Å². The Morgan fingerprint density at radius 2 is 1.97 bits per heavy atom. The van der Waals surface area contributed by atoms with Crippen molar-refractivity contribution in [3.63, 3.8) is 0 Å². The number of aromatic nitrogens is 3. The molecule has 1 amide bonds. The van der Waals surface area contributed by atoms with E-state index in [0.29, 0.717) is 35.3 Å². The molecule has 0 radical (unpaired) electrons. The molecule has 0 aliphatic carbocycles. The number of halogens is 1. The lowest BCUT2D eigenvalue weighted by Gasteiger charge is -2.10. The zero-order valence-corrected chi connectivity index (χ0v) is 17.4. The van der Waals surface area contributed by atoms with Crippen LogP contribution in [0, 0.1) is 6.92 Å². The molecule has 0 fully saturated rings. The number of nitrogens with one attached hydrogen (secondary N) is 1. The van der Waals surface area contributed by atoms with Crippen LogP contribution in [0.4, 0.5) is 0 Å². The van der Waals surface area contributed by atoms with Crippen molar-refractivity contribution in [3.05, 3.63) is 64.4 Å². The highest BCUT2D eigenvalue weighted by Crippen LogP contribution is 2.27. The lowest BCUT2D eigenvalue weighted by molar-refractivity contribution is 0.0945. The number of hydrogen-bond donors (Lipinski definition) is 1. The van der Waals surface area contributed by atoms with Crippen LogP contribution in [0.25, 0.3) is 5.69 Å². The molecular weight excluding hydrogens is 392 g/mol. The molecule has 29 heavy (non-hydrogen) atoms. The van der Waals surface area contributed by atoms with Crippen molar-refractivity contribution in [2.75, 3.05) is 13.7 Å². The first-order chi connectivity index (χ1) is 14.0. The van der Waals surface area contributed by atoms with Gasteiger partial charge in [-0.3, -0.25) is 4.79 Å². The molecule has 3 rings (SSSR count). The fraction of sp³-hybridized carbons (Fsp3) is 0.286. The third-order valence-corrected chi connectivity index (χ3v) is 4.56. The topological polar surface area (TPSA) is 78.3 Å². The Kier molecular flexibility index (Phi) is 6.72. The van der Waals surface area contributed by atoms with Gasteiger partial charge in [-0.2, -0.15) is 0 Å². The van der Waals surface area contributed by atoms with E-state index in [9.17, 15) is 4.79 Å². The third-order valence-electron chi connectivity index (χ3n) is 4.33. The van der Waals surface area contributed by atoms with Crippen molar-refractivity contribution in [2.45, 2.75) is 26.8 Å². The molecule has 1 N–H and O–H groups in total. The SMILES string of the molecule is CCCOc1ccc(CNC(=O)c2nnn(-c3cc(Cl)ccc3OC)c2C)cc1. The molecule has 0 bridgehead atoms. The van der Waals surface area contributed by atoms with Crippen molar-refractivity contribution in [1.82, 2.24) is 20.3 Å². The predicted octanol–water partition coefficient (Wildman–Crippen LogP) is 3.96. The van der Waals surface area contributed by atoms with Crippen LogP contribution in [0.2, 0.25) is 5.02 Å². The Balaban J connectivity index is 1.70. The van der Waals surface area contributed by atoms with Gasteiger partial charge in [-0.25, -0.2) is 4.68 Å². The number of carbonyl (C=O) groups is 1. The summed E-state index contributed by atoms with van der Waals surface area (Å²) in [5, 5.41) is 11.5. The molecule has 2 aromatic carbocycles. The standard InChI is InChI=1S/C21H23ClN4O3/c1-4-11-29-17-8-5-15(6-9-17)13-23-21(27)20-14(2)26(25-24-20)18-12-16(22)7-10-19(18)28-3/h5-10,12H,4,11,13H2,1-3H3,(H,23,27). The molecule has 8 heteroatoms. The predicted molar refractivity (Wildman–Crippen MR) is 111 cm³/mol. The van der Waals surface area contributed by atoms with Gasteiger partial charge in [0, 0.05) is 11.6 Å². The third kappa shape index (κ3) is 4.86. The lowest BCUT2D eigenvalue weighted by Crippen LogP contribution is -2.24. The summed E-state index contributed by atoms with van der Waals surface area (Å²) in [7, 11) is 1.56. The Labute approximate surface area is 174 Å². The van der Waals surface area contributed by atoms with Crippen LogP contribution < -0.4 is 14.8 Å². The van der Waals surface area contributed by atoms with Crippen LogP contribution in [0.5, 0.6) is 11.5 Å². The molecule has 0 saturated heterocycles. The zero-order chi connectivity index (χ0) is 20.8. The monoisotopic (exact) mass is 414 g/mol. The fourth-order valence-corrected chi connectivity index (χ4v) is 2.95. The second-order valence-corrected chi connectivity index (χ2v) is 6.86. The number of benzene rings is 2. The number of methoxy groups -OCH3 is 1. The molecule has 7 nitrogen and oxygen atoms in total. The molecule has 0 saturated carbocycles. The molecular formula is C21H23ClN4O3. The number of nitrogens with zero attached hydrogens (tertiary/aromatic N) is 3. The second-order valence-electron chi connectivity index (χ2n) is 6.43. The first-order valence-electron chi connectivity index (χ1n) is 9.29. The Morgan fingerprint density at radius 1 is 1.21 bits per heavy atom. The average Bonchev–Trinajstić information content (AvgIpc) is 3.12. The number of rotatable bonds is 8. The van der Waals surface area contributed by atoms with Crippen molar-refractivity contribution in [3.8, 4) is 17.2 Å². The van der Waals surface area contributed by atoms with Crippen molar-refractivity contribution >= 4 is 17.5 Å². The number of amides is 1. The molecule has 0 unspecified atom stereocenters. The van der Waals surface area contributed by atoms with E-state index in [0.717, 1.165) is 17.7 Å². The molecule has 3 aromatic rings. The van der Waals surface area contributed by atoms with Crippen LogP contribution in [0.3, 0.4) is 0 Å². The lowest BCUT2D eigenvalue weighted by atomic mass is 10.2. The molecule has 0 spiro atoms. The highest BCUT2D eigenvalue weighted by Gasteiger charge is 2.19. The van der Waals surface area contributed by atoms with Crippen molar-refractivity contribution in [1.29, 1.82) is 0 Å². The van der Waals surface area contributed by atoms with Gasteiger partial charge in [0.05, 0.1) is 19.4 Å². The summed E-state index contributed by atoms with van der Waals surface area (Å²) in [6.07, 6.45) is 0.957. The van der Waals surface area contributed by atoms with Crippen LogP contribution >= 0.6 is 11.6 Å². The maximum absolute atomic E-state index is 12.6. The molecule has 152 valence electrons. The molecule has 0 aliphatic heterocycles. The van der Waals surface area contributed by atoms with Crippen molar-refractivity contribution in [2.24, 2.45) is 0 Å². The smallest absolute Gasteiger partial charge is 0.274 e. The number of carbonyl (C=O) groups excluding carboxylic acids is 1. The maximum Gasteiger partial charge on any atom is 0.274 e. The van der Waals surface area contributed by atoms with Gasteiger partial charge in [-0.15, -0.1) is 5.10 Å². The number of ether oxygens (including phenoxy) is 2. The Hall–Kier alpha value is -3.06. The average molecular weight is 415 g/mol. The maximum atomic E-state index is 12.6. The van der Waals surface area contributed by atoms with E-state index < -0.39 is 0 Å². The molecule has 1 heterocycles. The van der Waals surface area contributed by atoms with E-state index in [-0.39, 0.29) is 11.6 Å². The fourth-order valence-electron chi connectivity index (χ4n) is 2.79. The van der Waals surface area contributed by atoms with Gasteiger partial charge in [-0.05, 0) is 49.2 Å². The van der Waals surface area contributed by atoms with E-state index in [2.05, 4.69) is 22.6 Å². The summed E-state index contributed by atoms with van der Waals surface area (Å²) in [5.74, 6) is 1.09. The van der Waals surface area contributed by atoms with Crippen LogP contribution in [-0.4, -0.2) is 34.6 Å². The summed E-state index contributed by atoms with van der Waals surface area (Å²) in [6, 6.07) is 12.8. The first kappa shape index (κ1) is 20.7. The summed E-state index contributed by atoms with van der Waals surface area (Å²) in [6.45, 7) is 4.89. The minimum Gasteiger partial charge on any atom is -0.494 e. The van der Waals surface area contributed by atoms with E-state index in [1.807, 2.05) is 24.3 Å². The van der Waals surface area contributed by atoms with Gasteiger partial charge in [0.2, 0.25) is 0 Å². The summed E-state index contributed by atoms with van der Waals surface area (Å²) in [5.41, 5.74) is 2.41. The first-order valence-corrected chi connectivity index (χ1v) is 9.67. The minimum absolute atomic E-state index is 0.245. The minimum atomic E-state index is -0.305. The number of hydrogen-bond acceptors (Lipinski definition) is 5. The van der Waals surface area contributed by atoms with E-state index in [1.165, 1.54) is 0 Å². The van der Waals surface area contributed by atoms with Gasteiger partial charge < -0.3 is 14.8 Å².